The third-order valence-electron chi connectivity index (χ3n) is 4.97. The largest absolute Gasteiger partial charge is 0.497 e. The Labute approximate surface area is 156 Å². The van der Waals surface area contributed by atoms with Gasteiger partial charge in [0.2, 0.25) is 11.9 Å². The number of carbonyl (C=O) groups excluding carboxylic acids is 1. The number of methoxy groups -OCH3 is 1. The van der Waals surface area contributed by atoms with Crippen LogP contribution in [-0.4, -0.2) is 41.8 Å². The smallest absolute Gasteiger partial charge is 0.243 e. The van der Waals surface area contributed by atoms with Gasteiger partial charge in [0.05, 0.1) is 18.9 Å². The van der Waals surface area contributed by atoms with Crippen molar-refractivity contribution >= 4 is 17.7 Å². The van der Waals surface area contributed by atoms with Crippen LogP contribution in [0.3, 0.4) is 0 Å². The molecule has 8 heteroatoms. The predicted octanol–water partition coefficient (Wildman–Crippen LogP) is 1.62. The number of hydrogen-bond donors (Lipinski definition) is 2. The van der Waals surface area contributed by atoms with Gasteiger partial charge in [0, 0.05) is 24.6 Å². The summed E-state index contributed by atoms with van der Waals surface area (Å²) >= 11 is 0. The molecule has 2 atom stereocenters. The molecule has 2 N–H and O–H groups in total. The van der Waals surface area contributed by atoms with Gasteiger partial charge in [-0.15, -0.1) is 0 Å². The highest BCUT2D eigenvalue weighted by Crippen LogP contribution is 2.42. The fraction of sp³-hybridized carbons (Fsp3) is 0.368. The van der Waals surface area contributed by atoms with Crippen molar-refractivity contribution in [2.75, 3.05) is 25.5 Å². The number of carbonyl (C=O) groups is 1. The third-order valence-corrected chi connectivity index (χ3v) is 4.97. The molecule has 0 aliphatic carbocycles. The number of nitriles is 1. The van der Waals surface area contributed by atoms with Gasteiger partial charge in [0.25, 0.3) is 0 Å². The van der Waals surface area contributed by atoms with Gasteiger partial charge < -0.3 is 15.4 Å². The Morgan fingerprint density at radius 1 is 1.33 bits per heavy atom. The minimum atomic E-state index is -0.830. The molecule has 3 heterocycles. The van der Waals surface area contributed by atoms with E-state index in [0.717, 1.165) is 35.5 Å². The van der Waals surface area contributed by atoms with Gasteiger partial charge in [0.15, 0.2) is 0 Å². The molecule has 0 unspecified atom stereocenters. The number of benzene rings is 1. The van der Waals surface area contributed by atoms with Gasteiger partial charge in [0.1, 0.15) is 17.5 Å². The summed E-state index contributed by atoms with van der Waals surface area (Å²) in [4.78, 5) is 17.2. The molecule has 2 aliphatic heterocycles. The Balaban J connectivity index is 1.86. The summed E-state index contributed by atoms with van der Waals surface area (Å²) in [5, 5.41) is 20.4. The van der Waals surface area contributed by atoms with Crippen LogP contribution >= 0.6 is 0 Å². The minimum absolute atomic E-state index is 0.330. The molecule has 1 aromatic carbocycles. The first-order valence-corrected chi connectivity index (χ1v) is 8.86. The van der Waals surface area contributed by atoms with Gasteiger partial charge in [-0.25, -0.2) is 0 Å². The Morgan fingerprint density at radius 3 is 2.74 bits per heavy atom. The Bertz CT molecular complexity index is 954. The second-order valence-corrected chi connectivity index (χ2v) is 6.59. The van der Waals surface area contributed by atoms with Crippen LogP contribution in [0.1, 0.15) is 29.2 Å². The quantitative estimate of drug-likeness (QED) is 0.843. The highest BCUT2D eigenvalue weighted by atomic mass is 16.5. The molecule has 1 amide bonds. The summed E-state index contributed by atoms with van der Waals surface area (Å²) in [7, 11) is 1.60. The number of hydrogen-bond acceptors (Lipinski definition) is 6. The molecule has 1 aromatic heterocycles. The second-order valence-electron chi connectivity index (χ2n) is 6.59. The number of nitrogens with one attached hydrogen (secondary N) is 2. The zero-order chi connectivity index (χ0) is 19.0. The Hall–Kier alpha value is -3.34. The van der Waals surface area contributed by atoms with Crippen molar-refractivity contribution in [2.45, 2.75) is 19.3 Å². The maximum absolute atomic E-state index is 12.7. The summed E-state index contributed by atoms with van der Waals surface area (Å²) in [6, 6.07) is 9.62. The predicted molar refractivity (Wildman–Crippen MR) is 99.9 cm³/mol. The van der Waals surface area contributed by atoms with E-state index < -0.39 is 11.8 Å². The van der Waals surface area contributed by atoms with Gasteiger partial charge in [-0.05, 0) is 31.0 Å². The van der Waals surface area contributed by atoms with E-state index in [4.69, 9.17) is 4.74 Å². The zero-order valence-corrected chi connectivity index (χ0v) is 15.2. The van der Waals surface area contributed by atoms with Crippen molar-refractivity contribution < 1.29 is 9.53 Å². The number of ether oxygens (including phenoxy) is 1. The van der Waals surface area contributed by atoms with Crippen molar-refractivity contribution in [1.29, 1.82) is 5.26 Å². The van der Waals surface area contributed by atoms with E-state index >= 15 is 0 Å². The summed E-state index contributed by atoms with van der Waals surface area (Å²) in [5.41, 5.74) is 2.49. The second kappa shape index (κ2) is 6.76. The van der Waals surface area contributed by atoms with Crippen molar-refractivity contribution in [1.82, 2.24) is 15.1 Å². The number of anilines is 1. The summed E-state index contributed by atoms with van der Waals surface area (Å²) in [5.74, 6) is 0.364. The SMILES string of the molecule is COc1ccc([C@@H]2c3c(C)nn(C4=NCCCN4)c3NC(=O)[C@@H]2C#N)cc1. The number of aryl methyl sites for hydroxylation is 1. The first-order chi connectivity index (χ1) is 13.1. The van der Waals surface area contributed by atoms with Gasteiger partial charge >= 0.3 is 0 Å². The number of rotatable bonds is 2. The summed E-state index contributed by atoms with van der Waals surface area (Å²) in [6.45, 7) is 3.41. The average Bonchev–Trinajstić information content (AvgIpc) is 3.03. The molecular formula is C19H20N6O2. The van der Waals surface area contributed by atoms with Crippen LogP contribution in [0.25, 0.3) is 0 Å². The van der Waals surface area contributed by atoms with Crippen molar-refractivity contribution in [2.24, 2.45) is 10.9 Å². The topological polar surface area (TPSA) is 104 Å². The van der Waals surface area contributed by atoms with Gasteiger partial charge in [-0.2, -0.15) is 15.0 Å². The van der Waals surface area contributed by atoms with E-state index in [2.05, 4.69) is 26.8 Å². The lowest BCUT2D eigenvalue weighted by atomic mass is 9.78. The zero-order valence-electron chi connectivity index (χ0n) is 15.2. The fourth-order valence-corrected chi connectivity index (χ4v) is 3.66. The highest BCUT2D eigenvalue weighted by Gasteiger charge is 2.41. The highest BCUT2D eigenvalue weighted by molar-refractivity contribution is 6.00. The summed E-state index contributed by atoms with van der Waals surface area (Å²) < 4.78 is 6.87. The lowest BCUT2D eigenvalue weighted by Gasteiger charge is -2.28. The molecule has 27 heavy (non-hydrogen) atoms. The molecular weight excluding hydrogens is 344 g/mol. The maximum atomic E-state index is 12.7. The number of aromatic nitrogens is 2. The average molecular weight is 364 g/mol. The molecule has 0 fully saturated rings. The summed E-state index contributed by atoms with van der Waals surface area (Å²) in [6.07, 6.45) is 0.962. The van der Waals surface area contributed by atoms with Crippen molar-refractivity contribution in [3.8, 4) is 11.8 Å². The van der Waals surface area contributed by atoms with Crippen LogP contribution in [0.15, 0.2) is 29.3 Å². The molecule has 138 valence electrons. The maximum Gasteiger partial charge on any atom is 0.243 e. The van der Waals surface area contributed by atoms with E-state index in [9.17, 15) is 10.1 Å². The lowest BCUT2D eigenvalue weighted by molar-refractivity contribution is -0.119. The van der Waals surface area contributed by atoms with Crippen molar-refractivity contribution in [3.05, 3.63) is 41.1 Å². The first-order valence-electron chi connectivity index (χ1n) is 8.86. The number of aliphatic imine (C=N–C) groups is 1. The minimum Gasteiger partial charge on any atom is -0.497 e. The van der Waals surface area contributed by atoms with Crippen LogP contribution < -0.4 is 15.4 Å². The van der Waals surface area contributed by atoms with E-state index in [1.165, 1.54) is 0 Å². The molecule has 0 radical (unpaired) electrons. The Kier molecular flexibility index (Phi) is 4.28. The van der Waals surface area contributed by atoms with Crippen LogP contribution in [0.5, 0.6) is 5.75 Å². The van der Waals surface area contributed by atoms with Gasteiger partial charge in [-0.3, -0.25) is 9.79 Å². The molecule has 8 nitrogen and oxygen atoms in total. The van der Waals surface area contributed by atoms with Gasteiger partial charge in [-0.1, -0.05) is 12.1 Å². The monoisotopic (exact) mass is 364 g/mol. The molecule has 0 bridgehead atoms. The van der Waals surface area contributed by atoms with Crippen LogP contribution in [0.2, 0.25) is 0 Å². The van der Waals surface area contributed by atoms with E-state index in [1.807, 2.05) is 31.2 Å². The fourth-order valence-electron chi connectivity index (χ4n) is 3.66. The lowest BCUT2D eigenvalue weighted by Crippen LogP contribution is -2.39. The first kappa shape index (κ1) is 17.1. The number of fused-ring (bicyclic) bond motifs is 1. The van der Waals surface area contributed by atoms with Crippen molar-refractivity contribution in [3.63, 3.8) is 0 Å². The molecule has 0 spiro atoms. The molecule has 2 aliphatic rings. The number of amides is 1. The normalized spacial score (nSPS) is 21.4. The molecule has 2 aromatic rings. The van der Waals surface area contributed by atoms with Crippen LogP contribution in [0.4, 0.5) is 5.82 Å². The van der Waals surface area contributed by atoms with E-state index in [-0.39, 0.29) is 5.91 Å². The van der Waals surface area contributed by atoms with E-state index in [1.54, 1.807) is 11.8 Å². The Morgan fingerprint density at radius 2 is 2.11 bits per heavy atom. The van der Waals surface area contributed by atoms with Crippen LogP contribution in [0, 0.1) is 24.2 Å². The van der Waals surface area contributed by atoms with E-state index in [0.29, 0.717) is 18.3 Å². The number of nitrogens with zero attached hydrogens (tertiary/aromatic N) is 4. The standard InChI is InChI=1S/C19H20N6O2/c1-11-15-16(12-4-6-13(27-2)7-5-12)14(10-20)18(26)23-17(15)25(24-11)19-21-8-3-9-22-19/h4-7,14,16H,3,8-9H2,1-2H3,(H,21,22)(H,23,26)/t14-,16+/m1/s1. The molecule has 0 saturated carbocycles. The van der Waals surface area contributed by atoms with Crippen LogP contribution in [-0.2, 0) is 4.79 Å². The molecule has 0 saturated heterocycles. The third kappa shape index (κ3) is 2.81. The molecule has 4 rings (SSSR count).